The summed E-state index contributed by atoms with van der Waals surface area (Å²) in [6, 6.07) is 13.5. The SMILES string of the molecule is COc1nc2cc(SC(c3ccc4c(c3)CCCC4)C(O)CCCC(=O)O)ccc2cc1C(=O)O.[NaH].[NaH]. The van der Waals surface area contributed by atoms with Crippen LogP contribution in [-0.2, 0) is 17.6 Å². The van der Waals surface area contributed by atoms with Gasteiger partial charge in [-0.2, -0.15) is 0 Å². The summed E-state index contributed by atoms with van der Waals surface area (Å²) >= 11 is 1.50. The number of benzene rings is 2. The predicted molar refractivity (Wildman–Crippen MR) is 149 cm³/mol. The van der Waals surface area contributed by atoms with Crippen molar-refractivity contribution in [2.45, 2.75) is 61.2 Å². The number of aryl methyl sites for hydroxylation is 2. The van der Waals surface area contributed by atoms with Gasteiger partial charge in [-0.15, -0.1) is 11.8 Å². The Kier molecular flexibility index (Phi) is 12.9. The number of carboxylic acid groups (broad SMARTS) is 2. The molecule has 2 atom stereocenters. The minimum atomic E-state index is -1.10. The van der Waals surface area contributed by atoms with Crippen molar-refractivity contribution in [2.24, 2.45) is 0 Å². The number of aliphatic hydroxyl groups is 1. The number of nitrogens with zero attached hydrogens (tertiary/aromatic N) is 1. The molecule has 2 aromatic carbocycles. The van der Waals surface area contributed by atoms with Crippen LogP contribution >= 0.6 is 11.8 Å². The summed E-state index contributed by atoms with van der Waals surface area (Å²) in [6.07, 6.45) is 4.52. The molecule has 0 radical (unpaired) electrons. The Morgan fingerprint density at radius 1 is 1.03 bits per heavy atom. The van der Waals surface area contributed by atoms with E-state index in [0.717, 1.165) is 29.7 Å². The number of ether oxygens (including phenoxy) is 1. The Bertz CT molecular complexity index is 1260. The Morgan fingerprint density at radius 3 is 2.43 bits per heavy atom. The minimum absolute atomic E-state index is 0. The van der Waals surface area contributed by atoms with Crippen LogP contribution in [0.4, 0.5) is 0 Å². The molecule has 1 aliphatic carbocycles. The van der Waals surface area contributed by atoms with Gasteiger partial charge in [-0.1, -0.05) is 24.3 Å². The predicted octanol–water partition coefficient (Wildman–Crippen LogP) is 3.97. The number of aromatic nitrogens is 1. The van der Waals surface area contributed by atoms with Gasteiger partial charge < -0.3 is 20.1 Å². The van der Waals surface area contributed by atoms with E-state index in [1.165, 1.54) is 36.4 Å². The van der Waals surface area contributed by atoms with Crippen LogP contribution in [0.3, 0.4) is 0 Å². The summed E-state index contributed by atoms with van der Waals surface area (Å²) in [5, 5.41) is 29.9. The summed E-state index contributed by atoms with van der Waals surface area (Å²) in [4.78, 5) is 27.7. The fourth-order valence-electron chi connectivity index (χ4n) is 4.57. The van der Waals surface area contributed by atoms with Gasteiger partial charge in [-0.3, -0.25) is 4.79 Å². The Balaban J connectivity index is 0.00000241. The van der Waals surface area contributed by atoms with Gasteiger partial charge in [0.2, 0.25) is 5.88 Å². The molecule has 0 saturated heterocycles. The Morgan fingerprint density at radius 2 is 1.76 bits per heavy atom. The molecule has 2 unspecified atom stereocenters. The van der Waals surface area contributed by atoms with Crippen LogP contribution in [0.15, 0.2) is 47.4 Å². The number of fused-ring (bicyclic) bond motifs is 2. The molecule has 188 valence electrons. The van der Waals surface area contributed by atoms with Crippen molar-refractivity contribution in [3.8, 4) is 5.88 Å². The Hall–Kier alpha value is -1.10. The second-order valence-electron chi connectivity index (χ2n) is 8.83. The second-order valence-corrected chi connectivity index (χ2v) is 10.0. The van der Waals surface area contributed by atoms with Gasteiger partial charge in [0.15, 0.2) is 0 Å². The van der Waals surface area contributed by atoms with Crippen LogP contribution in [-0.4, -0.2) is 105 Å². The number of hydrogen-bond donors (Lipinski definition) is 3. The number of aliphatic carboxylic acids is 1. The second kappa shape index (κ2) is 14.9. The number of carboxylic acids is 2. The normalized spacial score (nSPS) is 14.0. The average molecular weight is 544 g/mol. The molecule has 0 bridgehead atoms. The molecule has 10 heteroatoms. The molecule has 0 saturated carbocycles. The molecule has 1 aliphatic rings. The third-order valence-corrected chi connectivity index (χ3v) is 7.75. The molecule has 3 N–H and O–H groups in total. The van der Waals surface area contributed by atoms with Crippen molar-refractivity contribution < 1.29 is 29.6 Å². The molecule has 0 spiro atoms. The molecular weight excluding hydrogens is 512 g/mol. The zero-order chi connectivity index (χ0) is 24.9. The zero-order valence-electron chi connectivity index (χ0n) is 19.6. The van der Waals surface area contributed by atoms with Crippen molar-refractivity contribution in [1.29, 1.82) is 0 Å². The third-order valence-electron chi connectivity index (χ3n) is 6.38. The number of carbonyl (C=O) groups is 2. The van der Waals surface area contributed by atoms with Crippen LogP contribution in [0.2, 0.25) is 0 Å². The van der Waals surface area contributed by atoms with E-state index in [2.05, 4.69) is 23.2 Å². The van der Waals surface area contributed by atoms with Crippen LogP contribution in [0, 0.1) is 0 Å². The van der Waals surface area contributed by atoms with E-state index in [4.69, 9.17) is 9.84 Å². The van der Waals surface area contributed by atoms with E-state index >= 15 is 0 Å². The molecule has 37 heavy (non-hydrogen) atoms. The van der Waals surface area contributed by atoms with Crippen LogP contribution in [0.1, 0.15) is 64.4 Å². The molecule has 0 amide bonds. The van der Waals surface area contributed by atoms with Crippen molar-refractivity contribution in [3.63, 3.8) is 0 Å². The molecular formula is C27H31NNa2O6S. The Labute approximate surface area is 265 Å². The monoisotopic (exact) mass is 543 g/mol. The number of aromatic carboxylic acids is 1. The standard InChI is InChI=1S/C27H29NO6S.2Na.2H/c1-34-26-21(27(32)33)14-18-11-12-20(15-22(18)28-26)35-25(23(29)7-4-8-24(30)31)19-10-9-16-5-2-3-6-17(16)13-19;;;;/h9-15,23,25,29H,2-8H2,1H3,(H,30,31)(H,32,33);;;;. The van der Waals surface area contributed by atoms with E-state index in [-0.39, 0.29) is 82.2 Å². The topological polar surface area (TPSA) is 117 Å². The van der Waals surface area contributed by atoms with Crippen LogP contribution < -0.4 is 4.74 Å². The molecule has 7 nitrogen and oxygen atoms in total. The quantitative estimate of drug-likeness (QED) is 0.260. The molecule has 4 rings (SSSR count). The van der Waals surface area contributed by atoms with E-state index in [0.29, 0.717) is 23.7 Å². The van der Waals surface area contributed by atoms with Gasteiger partial charge >= 0.3 is 71.1 Å². The van der Waals surface area contributed by atoms with Gasteiger partial charge in [0.1, 0.15) is 5.56 Å². The maximum absolute atomic E-state index is 11.5. The number of methoxy groups -OCH3 is 1. The molecule has 0 fully saturated rings. The van der Waals surface area contributed by atoms with E-state index < -0.39 is 18.0 Å². The van der Waals surface area contributed by atoms with Gasteiger partial charge in [-0.05, 0) is 73.4 Å². The first-order valence-electron chi connectivity index (χ1n) is 11.8. The van der Waals surface area contributed by atoms with E-state index in [1.54, 1.807) is 6.07 Å². The van der Waals surface area contributed by atoms with Gasteiger partial charge in [0.25, 0.3) is 0 Å². The molecule has 1 heterocycles. The van der Waals surface area contributed by atoms with Crippen molar-refractivity contribution in [3.05, 3.63) is 64.7 Å². The van der Waals surface area contributed by atoms with Crippen LogP contribution in [0.5, 0.6) is 5.88 Å². The molecule has 0 aliphatic heterocycles. The van der Waals surface area contributed by atoms with Gasteiger partial charge in [0.05, 0.1) is 24.0 Å². The maximum atomic E-state index is 11.5. The summed E-state index contributed by atoms with van der Waals surface area (Å²) in [5.41, 5.74) is 4.30. The fraction of sp³-hybridized carbons (Fsp3) is 0.370. The zero-order valence-corrected chi connectivity index (χ0v) is 20.4. The van der Waals surface area contributed by atoms with Gasteiger partial charge in [-0.25, -0.2) is 9.78 Å². The van der Waals surface area contributed by atoms with Crippen molar-refractivity contribution in [2.75, 3.05) is 7.11 Å². The first-order chi connectivity index (χ1) is 16.9. The van der Waals surface area contributed by atoms with Crippen LogP contribution in [0.25, 0.3) is 10.9 Å². The first-order valence-corrected chi connectivity index (χ1v) is 12.6. The first kappa shape index (κ1) is 32.1. The number of aliphatic hydroxyl groups excluding tert-OH is 1. The number of rotatable bonds is 10. The molecule has 1 aromatic heterocycles. The van der Waals surface area contributed by atoms with Gasteiger partial charge in [0, 0.05) is 16.7 Å². The number of pyridine rings is 1. The van der Waals surface area contributed by atoms with E-state index in [9.17, 15) is 19.8 Å². The van der Waals surface area contributed by atoms with Crippen molar-refractivity contribution >= 4 is 93.7 Å². The molecule has 3 aromatic rings. The number of hydrogen-bond acceptors (Lipinski definition) is 6. The summed E-state index contributed by atoms with van der Waals surface area (Å²) < 4.78 is 5.17. The summed E-state index contributed by atoms with van der Waals surface area (Å²) in [6.45, 7) is 0. The van der Waals surface area contributed by atoms with E-state index in [1.807, 2.05) is 18.2 Å². The summed E-state index contributed by atoms with van der Waals surface area (Å²) in [5.74, 6) is -1.93. The fourth-order valence-corrected chi connectivity index (χ4v) is 5.77. The number of thioether (sulfide) groups is 1. The third kappa shape index (κ3) is 8.19. The average Bonchev–Trinajstić information content (AvgIpc) is 2.85. The van der Waals surface area contributed by atoms with Crippen molar-refractivity contribution in [1.82, 2.24) is 4.98 Å². The summed E-state index contributed by atoms with van der Waals surface area (Å²) in [7, 11) is 1.39.